The van der Waals surface area contributed by atoms with Crippen LogP contribution >= 0.6 is 0 Å². The van der Waals surface area contributed by atoms with Gasteiger partial charge in [0.25, 0.3) is 5.56 Å². The average molecular weight is 345 g/mol. The third kappa shape index (κ3) is 3.40. The summed E-state index contributed by atoms with van der Waals surface area (Å²) in [7, 11) is 0. The number of anilines is 1. The van der Waals surface area contributed by atoms with Gasteiger partial charge in [0.15, 0.2) is 0 Å². The molecule has 0 spiro atoms. The van der Waals surface area contributed by atoms with Gasteiger partial charge in [-0.25, -0.2) is 0 Å². The Labute approximate surface area is 141 Å². The lowest BCUT2D eigenvalue weighted by atomic mass is 10.1. The Kier molecular flexibility index (Phi) is 4.31. The molecule has 0 radical (unpaired) electrons. The van der Waals surface area contributed by atoms with Crippen LogP contribution in [0.15, 0.2) is 65.7 Å². The number of nitrogen functional groups attached to an aromatic ring is 1. The van der Waals surface area contributed by atoms with E-state index < -0.39 is 23.0 Å². The van der Waals surface area contributed by atoms with E-state index in [2.05, 4.69) is 4.98 Å². The Morgan fingerprint density at radius 1 is 1.08 bits per heavy atom. The van der Waals surface area contributed by atoms with Crippen molar-refractivity contribution in [2.24, 2.45) is 0 Å². The first-order chi connectivity index (χ1) is 11.9. The molecule has 0 bridgehead atoms. The van der Waals surface area contributed by atoms with Gasteiger partial charge in [0, 0.05) is 18.0 Å². The fourth-order valence-corrected chi connectivity index (χ4v) is 2.57. The van der Waals surface area contributed by atoms with Crippen LogP contribution in [0.25, 0.3) is 11.3 Å². The van der Waals surface area contributed by atoms with Gasteiger partial charge in [-0.15, -0.1) is 0 Å². The fraction of sp³-hybridized carbons (Fsp3) is 0.111. The van der Waals surface area contributed by atoms with Gasteiger partial charge in [-0.1, -0.05) is 30.3 Å². The van der Waals surface area contributed by atoms with E-state index in [9.17, 15) is 18.0 Å². The lowest BCUT2D eigenvalue weighted by Crippen LogP contribution is -2.28. The van der Waals surface area contributed by atoms with E-state index in [1.54, 1.807) is 36.4 Å². The molecule has 2 heterocycles. The molecule has 0 unspecified atom stereocenters. The van der Waals surface area contributed by atoms with Crippen LogP contribution < -0.4 is 11.3 Å². The summed E-state index contributed by atoms with van der Waals surface area (Å²) in [6, 6.07) is 13.1. The van der Waals surface area contributed by atoms with Crippen molar-refractivity contribution in [3.05, 3.63) is 82.4 Å². The second-order valence-corrected chi connectivity index (χ2v) is 5.47. The van der Waals surface area contributed by atoms with Crippen molar-refractivity contribution in [1.82, 2.24) is 9.55 Å². The maximum Gasteiger partial charge on any atom is 0.418 e. The third-order valence-electron chi connectivity index (χ3n) is 3.78. The zero-order valence-corrected chi connectivity index (χ0v) is 13.0. The number of benzene rings is 1. The zero-order chi connectivity index (χ0) is 18.0. The van der Waals surface area contributed by atoms with Crippen LogP contribution in [-0.4, -0.2) is 9.55 Å². The number of pyridine rings is 2. The molecule has 3 rings (SSSR count). The molecule has 1 aromatic carbocycles. The molecule has 0 fully saturated rings. The molecule has 2 aromatic heterocycles. The monoisotopic (exact) mass is 345 g/mol. The first-order valence-electron chi connectivity index (χ1n) is 7.43. The first kappa shape index (κ1) is 16.8. The Balaban J connectivity index is 2.25. The molecule has 25 heavy (non-hydrogen) atoms. The molecule has 4 nitrogen and oxygen atoms in total. The number of aromatic nitrogens is 2. The van der Waals surface area contributed by atoms with Gasteiger partial charge in [0.05, 0.1) is 17.8 Å². The number of alkyl halides is 3. The highest BCUT2D eigenvalue weighted by atomic mass is 19.4. The van der Waals surface area contributed by atoms with Crippen LogP contribution in [0.1, 0.15) is 11.1 Å². The number of hydrogen-bond donors (Lipinski definition) is 1. The van der Waals surface area contributed by atoms with Gasteiger partial charge < -0.3 is 10.3 Å². The highest BCUT2D eigenvalue weighted by Gasteiger charge is 2.35. The molecule has 0 amide bonds. The third-order valence-corrected chi connectivity index (χ3v) is 3.78. The van der Waals surface area contributed by atoms with E-state index in [1.807, 2.05) is 6.07 Å². The van der Waals surface area contributed by atoms with Crippen LogP contribution in [0.3, 0.4) is 0 Å². The number of halogens is 3. The van der Waals surface area contributed by atoms with Gasteiger partial charge >= 0.3 is 6.18 Å². The summed E-state index contributed by atoms with van der Waals surface area (Å²) in [6.07, 6.45) is -1.80. The maximum absolute atomic E-state index is 13.2. The Hall–Kier alpha value is -3.09. The molecule has 2 N–H and O–H groups in total. The number of nitrogens with two attached hydrogens (primary N) is 1. The smallest absolute Gasteiger partial charge is 0.394 e. The van der Waals surface area contributed by atoms with Crippen LogP contribution in [0.5, 0.6) is 0 Å². The van der Waals surface area contributed by atoms with Crippen molar-refractivity contribution in [2.75, 3.05) is 5.73 Å². The molecule has 0 saturated heterocycles. The molecule has 0 aliphatic heterocycles. The summed E-state index contributed by atoms with van der Waals surface area (Å²) in [5.41, 5.74) is 3.97. The first-order valence-corrected chi connectivity index (χ1v) is 7.43. The quantitative estimate of drug-likeness (QED) is 0.790. The van der Waals surface area contributed by atoms with Gasteiger partial charge in [0.1, 0.15) is 5.69 Å². The van der Waals surface area contributed by atoms with Crippen molar-refractivity contribution < 1.29 is 13.2 Å². The van der Waals surface area contributed by atoms with Crippen molar-refractivity contribution in [1.29, 1.82) is 0 Å². The maximum atomic E-state index is 13.2. The topological polar surface area (TPSA) is 60.9 Å². The molecule has 0 atom stereocenters. The summed E-state index contributed by atoms with van der Waals surface area (Å²) in [5, 5.41) is 0. The van der Waals surface area contributed by atoms with E-state index >= 15 is 0 Å². The highest BCUT2D eigenvalue weighted by molar-refractivity contribution is 5.64. The van der Waals surface area contributed by atoms with Crippen LogP contribution in [0.2, 0.25) is 0 Å². The standard InChI is InChI=1S/C18H14F3N3O/c19-18(20,21)14-9-15(13-7-4-8-23-10-13)24(17(25)16(14)22)11-12-5-2-1-3-6-12/h1-10H,11,22H2. The van der Waals surface area contributed by atoms with E-state index in [1.165, 1.54) is 17.0 Å². The molecule has 7 heteroatoms. The lowest BCUT2D eigenvalue weighted by Gasteiger charge is -2.18. The predicted molar refractivity (Wildman–Crippen MR) is 88.9 cm³/mol. The zero-order valence-electron chi connectivity index (χ0n) is 13.0. The van der Waals surface area contributed by atoms with Crippen molar-refractivity contribution in [3.8, 4) is 11.3 Å². The molecule has 0 saturated carbocycles. The van der Waals surface area contributed by atoms with Gasteiger partial charge in [0.2, 0.25) is 0 Å². The van der Waals surface area contributed by atoms with Crippen LogP contribution in [0, 0.1) is 0 Å². The minimum absolute atomic E-state index is 0.103. The number of hydrogen-bond acceptors (Lipinski definition) is 3. The Bertz CT molecular complexity index is 936. The van der Waals surface area contributed by atoms with Crippen molar-refractivity contribution in [2.45, 2.75) is 12.7 Å². The number of nitrogens with zero attached hydrogens (tertiary/aromatic N) is 2. The summed E-state index contributed by atoms with van der Waals surface area (Å²) in [4.78, 5) is 16.5. The molecule has 3 aromatic rings. The predicted octanol–water partition coefficient (Wildman–Crippen LogP) is 3.56. The van der Waals surface area contributed by atoms with E-state index in [4.69, 9.17) is 5.73 Å². The van der Waals surface area contributed by atoms with Crippen LogP contribution in [0.4, 0.5) is 18.9 Å². The second kappa shape index (κ2) is 6.43. The van der Waals surface area contributed by atoms with E-state index in [0.717, 1.165) is 11.6 Å². The Morgan fingerprint density at radius 3 is 2.40 bits per heavy atom. The van der Waals surface area contributed by atoms with Gasteiger partial charge in [-0.2, -0.15) is 13.2 Å². The minimum atomic E-state index is -4.72. The van der Waals surface area contributed by atoms with Crippen LogP contribution in [-0.2, 0) is 12.7 Å². The largest absolute Gasteiger partial charge is 0.418 e. The van der Waals surface area contributed by atoms with Crippen molar-refractivity contribution in [3.63, 3.8) is 0 Å². The summed E-state index contributed by atoms with van der Waals surface area (Å²) in [6.45, 7) is 0.103. The Morgan fingerprint density at radius 2 is 1.80 bits per heavy atom. The van der Waals surface area contributed by atoms with E-state index in [-0.39, 0.29) is 12.2 Å². The van der Waals surface area contributed by atoms with Gasteiger partial charge in [-0.3, -0.25) is 9.78 Å². The molecular formula is C18H14F3N3O. The molecule has 0 aliphatic rings. The highest BCUT2D eigenvalue weighted by Crippen LogP contribution is 2.34. The lowest BCUT2D eigenvalue weighted by molar-refractivity contribution is -0.137. The molecular weight excluding hydrogens is 331 g/mol. The fourth-order valence-electron chi connectivity index (χ4n) is 2.57. The normalized spacial score (nSPS) is 11.5. The summed E-state index contributed by atoms with van der Waals surface area (Å²) < 4.78 is 41.0. The minimum Gasteiger partial charge on any atom is -0.394 e. The molecule has 128 valence electrons. The summed E-state index contributed by atoms with van der Waals surface area (Å²) in [5.74, 6) is 0. The number of rotatable bonds is 3. The molecule has 0 aliphatic carbocycles. The second-order valence-electron chi connectivity index (χ2n) is 5.47. The van der Waals surface area contributed by atoms with E-state index in [0.29, 0.717) is 5.56 Å². The van der Waals surface area contributed by atoms with Crippen molar-refractivity contribution >= 4 is 5.69 Å². The summed E-state index contributed by atoms with van der Waals surface area (Å²) >= 11 is 0. The SMILES string of the molecule is Nc1c(C(F)(F)F)cc(-c2cccnc2)n(Cc2ccccc2)c1=O. The van der Waals surface area contributed by atoms with Gasteiger partial charge in [-0.05, 0) is 23.8 Å². The average Bonchev–Trinajstić information content (AvgIpc) is 2.60.